The molecule has 2 aliphatic rings. The van der Waals surface area contributed by atoms with Gasteiger partial charge in [0, 0.05) is 24.8 Å². The Hall–Kier alpha value is -3.89. The molecule has 138 valence electrons. The van der Waals surface area contributed by atoms with Crippen LogP contribution in [0.2, 0.25) is 0 Å². The van der Waals surface area contributed by atoms with Gasteiger partial charge in [0.05, 0.1) is 17.3 Å². The highest BCUT2D eigenvalue weighted by Gasteiger charge is 2.44. The van der Waals surface area contributed by atoms with Crippen LogP contribution < -0.4 is 4.74 Å². The minimum absolute atomic E-state index is 0.380. The first-order chi connectivity index (χ1) is 14.2. The lowest BCUT2D eigenvalue weighted by molar-refractivity contribution is 0.0818. The average molecular weight is 375 g/mol. The molecule has 29 heavy (non-hydrogen) atoms. The molecule has 0 atom stereocenters. The minimum Gasteiger partial charge on any atom is -0.485 e. The Balaban J connectivity index is 1.56. The zero-order valence-electron chi connectivity index (χ0n) is 15.7. The maximum atomic E-state index is 9.29. The molecule has 1 heterocycles. The van der Waals surface area contributed by atoms with Gasteiger partial charge >= 0.3 is 0 Å². The molecular formula is C25H17N3O. The van der Waals surface area contributed by atoms with E-state index in [4.69, 9.17) is 4.74 Å². The summed E-state index contributed by atoms with van der Waals surface area (Å²) < 4.78 is 6.53. The lowest BCUT2D eigenvalue weighted by Gasteiger charge is -2.36. The summed E-state index contributed by atoms with van der Waals surface area (Å²) in [6.07, 6.45) is 4.21. The smallest absolute Gasteiger partial charge is 0.205 e. The van der Waals surface area contributed by atoms with Crippen molar-refractivity contribution in [3.8, 4) is 29.1 Å². The monoisotopic (exact) mass is 375 g/mol. The largest absolute Gasteiger partial charge is 0.485 e. The van der Waals surface area contributed by atoms with Crippen molar-refractivity contribution < 1.29 is 4.74 Å². The number of aliphatic imine (C=N–C) groups is 1. The van der Waals surface area contributed by atoms with Crippen LogP contribution in [0.1, 0.15) is 28.7 Å². The van der Waals surface area contributed by atoms with Gasteiger partial charge < -0.3 is 4.74 Å². The van der Waals surface area contributed by atoms with Gasteiger partial charge in [-0.1, -0.05) is 42.5 Å². The van der Waals surface area contributed by atoms with Crippen molar-refractivity contribution in [2.24, 2.45) is 4.99 Å². The van der Waals surface area contributed by atoms with Crippen molar-refractivity contribution in [1.82, 2.24) is 0 Å². The predicted molar refractivity (Wildman–Crippen MR) is 111 cm³/mol. The van der Waals surface area contributed by atoms with Crippen LogP contribution in [0.15, 0.2) is 71.7 Å². The summed E-state index contributed by atoms with van der Waals surface area (Å²) in [5.41, 5.74) is 6.39. The Morgan fingerprint density at radius 1 is 0.828 bits per heavy atom. The Kier molecular flexibility index (Phi) is 3.93. The quantitative estimate of drug-likeness (QED) is 0.573. The van der Waals surface area contributed by atoms with Gasteiger partial charge in [0.25, 0.3) is 0 Å². The van der Waals surface area contributed by atoms with Crippen LogP contribution in [-0.2, 0) is 12.8 Å². The van der Waals surface area contributed by atoms with Crippen LogP contribution >= 0.6 is 0 Å². The third-order valence-corrected chi connectivity index (χ3v) is 5.76. The number of nitrogens with zero attached hydrogens (tertiary/aromatic N) is 3. The number of hydrogen-bond donors (Lipinski definition) is 0. The fourth-order valence-corrected chi connectivity index (χ4v) is 4.48. The highest BCUT2D eigenvalue weighted by molar-refractivity contribution is 6.06. The van der Waals surface area contributed by atoms with E-state index in [0.717, 1.165) is 41.0 Å². The number of benzene rings is 3. The maximum Gasteiger partial charge on any atom is 0.205 e. The van der Waals surface area contributed by atoms with Gasteiger partial charge in [0.15, 0.2) is 0 Å². The fourth-order valence-electron chi connectivity index (χ4n) is 4.48. The highest BCUT2D eigenvalue weighted by atomic mass is 16.5. The first-order valence-corrected chi connectivity index (χ1v) is 9.56. The van der Waals surface area contributed by atoms with E-state index in [1.54, 1.807) is 6.07 Å². The molecule has 0 fully saturated rings. The summed E-state index contributed by atoms with van der Waals surface area (Å²) in [7, 11) is 0. The van der Waals surface area contributed by atoms with Gasteiger partial charge in [-0.25, -0.2) is 0 Å². The molecule has 0 bridgehead atoms. The van der Waals surface area contributed by atoms with Gasteiger partial charge in [-0.3, -0.25) is 0 Å². The molecule has 0 radical (unpaired) electrons. The molecule has 0 unspecified atom stereocenters. The molecule has 4 nitrogen and oxygen atoms in total. The first kappa shape index (κ1) is 17.2. The van der Waals surface area contributed by atoms with E-state index < -0.39 is 0 Å². The Labute approximate surface area is 169 Å². The zero-order chi connectivity index (χ0) is 19.8. The second kappa shape index (κ2) is 6.62. The van der Waals surface area contributed by atoms with Crippen molar-refractivity contribution in [2.75, 3.05) is 0 Å². The van der Waals surface area contributed by atoms with Crippen LogP contribution in [0.25, 0.3) is 11.1 Å². The highest BCUT2D eigenvalue weighted by Crippen LogP contribution is 2.43. The number of fused-ring (bicyclic) bond motifs is 2. The van der Waals surface area contributed by atoms with E-state index in [1.807, 2.05) is 42.6 Å². The van der Waals surface area contributed by atoms with Gasteiger partial charge in [0.1, 0.15) is 11.4 Å². The summed E-state index contributed by atoms with van der Waals surface area (Å²) >= 11 is 0. The topological polar surface area (TPSA) is 69.2 Å². The van der Waals surface area contributed by atoms with Crippen LogP contribution in [0.3, 0.4) is 0 Å². The minimum atomic E-state index is -0.380. The van der Waals surface area contributed by atoms with Gasteiger partial charge in [0.2, 0.25) is 6.19 Å². The summed E-state index contributed by atoms with van der Waals surface area (Å²) in [6, 6.07) is 24.1. The summed E-state index contributed by atoms with van der Waals surface area (Å²) in [5.74, 6) is 0.762. The van der Waals surface area contributed by atoms with Crippen LogP contribution in [0, 0.1) is 22.8 Å². The van der Waals surface area contributed by atoms with Crippen molar-refractivity contribution in [2.45, 2.75) is 24.9 Å². The lowest BCUT2D eigenvalue weighted by atomic mass is 9.86. The molecule has 4 heteroatoms. The predicted octanol–water partition coefficient (Wildman–Crippen LogP) is 4.82. The lowest BCUT2D eigenvalue weighted by Crippen LogP contribution is -2.43. The zero-order valence-corrected chi connectivity index (χ0v) is 15.7. The molecular weight excluding hydrogens is 358 g/mol. The fraction of sp³-hybridized carbons (Fsp3) is 0.160. The third kappa shape index (κ3) is 2.96. The Morgan fingerprint density at radius 2 is 1.59 bits per heavy atom. The molecule has 0 saturated carbocycles. The standard InChI is InChI=1S/C25H17N3O/c26-15-17-4-3-7-18(10-17)19-8-9-24-22(11-19)23(28-16-27)14-25(29-24)12-20-5-1-2-6-21(20)13-25/h1-11H,12-14H2. The van der Waals surface area contributed by atoms with Crippen molar-refractivity contribution >= 4 is 5.71 Å². The van der Waals surface area contributed by atoms with E-state index in [-0.39, 0.29) is 5.60 Å². The molecule has 3 aromatic carbocycles. The second-order valence-electron chi connectivity index (χ2n) is 7.65. The van der Waals surface area contributed by atoms with E-state index in [2.05, 4.69) is 35.3 Å². The summed E-state index contributed by atoms with van der Waals surface area (Å²) in [4.78, 5) is 4.17. The van der Waals surface area contributed by atoms with Crippen molar-refractivity contribution in [1.29, 1.82) is 10.5 Å². The molecule has 1 spiro atoms. The van der Waals surface area contributed by atoms with E-state index in [9.17, 15) is 10.5 Å². The van der Waals surface area contributed by atoms with Crippen LogP contribution in [0.5, 0.6) is 5.75 Å². The van der Waals surface area contributed by atoms with Crippen LogP contribution in [-0.4, -0.2) is 11.3 Å². The molecule has 1 aliphatic carbocycles. The molecule has 5 rings (SSSR count). The van der Waals surface area contributed by atoms with Gasteiger partial charge in [-0.15, -0.1) is 0 Å². The van der Waals surface area contributed by atoms with Gasteiger partial charge in [-0.05, 0) is 46.5 Å². The van der Waals surface area contributed by atoms with E-state index >= 15 is 0 Å². The van der Waals surface area contributed by atoms with Crippen molar-refractivity contribution in [3.63, 3.8) is 0 Å². The normalized spacial score (nSPS) is 17.1. The van der Waals surface area contributed by atoms with E-state index in [1.165, 1.54) is 11.1 Å². The first-order valence-electron chi connectivity index (χ1n) is 9.56. The maximum absolute atomic E-state index is 9.29. The molecule has 3 aromatic rings. The summed E-state index contributed by atoms with van der Waals surface area (Å²) in [6.45, 7) is 0. The molecule has 0 N–H and O–H groups in total. The van der Waals surface area contributed by atoms with Gasteiger partial charge in [-0.2, -0.15) is 15.5 Å². The van der Waals surface area contributed by atoms with Crippen molar-refractivity contribution in [3.05, 3.63) is 89.0 Å². The number of nitriles is 2. The molecule has 0 aromatic heterocycles. The number of rotatable bonds is 1. The Morgan fingerprint density at radius 3 is 2.31 bits per heavy atom. The van der Waals surface area contributed by atoms with Crippen LogP contribution in [0.4, 0.5) is 0 Å². The van der Waals surface area contributed by atoms with E-state index in [0.29, 0.717) is 12.0 Å². The SMILES string of the molecule is N#CN=C1CC2(Cc3ccccc3C2)Oc2ccc(-c3cccc(C#N)c3)cc21. The summed E-state index contributed by atoms with van der Waals surface area (Å²) in [5, 5.41) is 18.5. The average Bonchev–Trinajstić information content (AvgIpc) is 3.10. The molecule has 0 amide bonds. The third-order valence-electron chi connectivity index (χ3n) is 5.76. The number of ether oxygens (including phenoxy) is 1. The second-order valence-corrected chi connectivity index (χ2v) is 7.65. The number of hydrogen-bond acceptors (Lipinski definition) is 4. The molecule has 1 aliphatic heterocycles. The Bertz CT molecular complexity index is 1220. The molecule has 0 saturated heterocycles.